The van der Waals surface area contributed by atoms with Crippen molar-refractivity contribution >= 4 is 5.69 Å². The van der Waals surface area contributed by atoms with E-state index >= 15 is 0 Å². The Hall–Kier alpha value is -1.06. The van der Waals surface area contributed by atoms with Gasteiger partial charge in [-0.25, -0.2) is 0 Å². The molecule has 1 atom stereocenters. The smallest absolute Gasteiger partial charge is 0.0745 e. The molecule has 3 heteroatoms. The van der Waals surface area contributed by atoms with E-state index in [4.69, 9.17) is 9.47 Å². The van der Waals surface area contributed by atoms with Crippen LogP contribution in [0.25, 0.3) is 0 Å². The second-order valence-corrected chi connectivity index (χ2v) is 6.39. The molecule has 1 unspecified atom stereocenters. The summed E-state index contributed by atoms with van der Waals surface area (Å²) in [5.74, 6) is 0. The molecule has 2 saturated heterocycles. The highest BCUT2D eigenvalue weighted by Crippen LogP contribution is 2.35. The molecule has 3 rings (SSSR count). The van der Waals surface area contributed by atoms with E-state index in [0.717, 1.165) is 51.9 Å². The molecule has 0 aromatic heterocycles. The largest absolute Gasteiger partial charge is 0.382 e. The monoisotopic (exact) mass is 289 g/mol. The summed E-state index contributed by atoms with van der Waals surface area (Å²) in [5.41, 5.74) is 2.81. The number of para-hydroxylation sites is 1. The van der Waals surface area contributed by atoms with Crippen LogP contribution in [0.3, 0.4) is 0 Å². The zero-order valence-electron chi connectivity index (χ0n) is 13.1. The molecule has 1 aromatic carbocycles. The van der Waals surface area contributed by atoms with Crippen molar-refractivity contribution in [3.8, 4) is 0 Å². The Morgan fingerprint density at radius 1 is 1.19 bits per heavy atom. The van der Waals surface area contributed by atoms with Gasteiger partial charge in [-0.1, -0.05) is 31.5 Å². The average molecular weight is 289 g/mol. The van der Waals surface area contributed by atoms with Crippen molar-refractivity contribution in [3.63, 3.8) is 0 Å². The van der Waals surface area contributed by atoms with E-state index < -0.39 is 0 Å². The number of hydrogen-bond donors (Lipinski definition) is 1. The van der Waals surface area contributed by atoms with Crippen molar-refractivity contribution in [2.45, 2.75) is 57.1 Å². The Balaban J connectivity index is 1.67. The Bertz CT molecular complexity index is 449. The van der Waals surface area contributed by atoms with Crippen molar-refractivity contribution in [1.82, 2.24) is 0 Å². The molecule has 0 saturated carbocycles. The molecule has 0 bridgehead atoms. The summed E-state index contributed by atoms with van der Waals surface area (Å²) >= 11 is 0. The second-order valence-electron chi connectivity index (χ2n) is 6.39. The number of anilines is 1. The van der Waals surface area contributed by atoms with Gasteiger partial charge in [0.05, 0.1) is 5.60 Å². The summed E-state index contributed by atoms with van der Waals surface area (Å²) in [6.07, 6.45) is 6.63. The van der Waals surface area contributed by atoms with Gasteiger partial charge in [0.1, 0.15) is 0 Å². The molecule has 0 aliphatic carbocycles. The van der Waals surface area contributed by atoms with E-state index in [1.165, 1.54) is 17.7 Å². The molecule has 2 aliphatic heterocycles. The molecule has 1 N–H and O–H groups in total. The average Bonchev–Trinajstić information content (AvgIpc) is 2.50. The van der Waals surface area contributed by atoms with E-state index in [2.05, 4.69) is 36.5 Å². The maximum Gasteiger partial charge on any atom is 0.0745 e. The van der Waals surface area contributed by atoms with Crippen LogP contribution in [-0.4, -0.2) is 31.5 Å². The Morgan fingerprint density at radius 3 is 2.81 bits per heavy atom. The topological polar surface area (TPSA) is 30.5 Å². The molecular weight excluding hydrogens is 262 g/mol. The molecular formula is C18H27NO2. The van der Waals surface area contributed by atoms with Crippen LogP contribution in [0, 0.1) is 0 Å². The van der Waals surface area contributed by atoms with Crippen molar-refractivity contribution in [1.29, 1.82) is 0 Å². The summed E-state index contributed by atoms with van der Waals surface area (Å²) in [4.78, 5) is 0. The first-order valence-electron chi connectivity index (χ1n) is 8.37. The Morgan fingerprint density at radius 2 is 2.00 bits per heavy atom. The van der Waals surface area contributed by atoms with Gasteiger partial charge in [0.25, 0.3) is 0 Å². The fourth-order valence-electron chi connectivity index (χ4n) is 3.61. The van der Waals surface area contributed by atoms with Gasteiger partial charge in [0.2, 0.25) is 0 Å². The minimum Gasteiger partial charge on any atom is -0.382 e. The zero-order valence-corrected chi connectivity index (χ0v) is 13.1. The SMILES string of the molecule is CCCc1ccccc1NC1CCOC2(CCOCC2)C1. The highest BCUT2D eigenvalue weighted by molar-refractivity contribution is 5.52. The normalized spacial score (nSPS) is 24.9. The van der Waals surface area contributed by atoms with Gasteiger partial charge in [-0.2, -0.15) is 0 Å². The van der Waals surface area contributed by atoms with Crippen LogP contribution >= 0.6 is 0 Å². The number of nitrogens with one attached hydrogen (secondary N) is 1. The number of aryl methyl sites for hydroxylation is 1. The number of ether oxygens (including phenoxy) is 2. The van der Waals surface area contributed by atoms with Crippen molar-refractivity contribution in [3.05, 3.63) is 29.8 Å². The molecule has 2 aliphatic rings. The van der Waals surface area contributed by atoms with Gasteiger partial charge in [0.15, 0.2) is 0 Å². The number of benzene rings is 1. The van der Waals surface area contributed by atoms with Crippen molar-refractivity contribution in [2.75, 3.05) is 25.1 Å². The van der Waals surface area contributed by atoms with Crippen LogP contribution in [0.1, 0.15) is 44.6 Å². The molecule has 3 nitrogen and oxygen atoms in total. The third-order valence-corrected chi connectivity index (χ3v) is 4.79. The van der Waals surface area contributed by atoms with Gasteiger partial charge < -0.3 is 14.8 Å². The van der Waals surface area contributed by atoms with Gasteiger partial charge >= 0.3 is 0 Å². The lowest BCUT2D eigenvalue weighted by Gasteiger charge is -2.43. The minimum atomic E-state index is 0.0634. The Kier molecular flexibility index (Phi) is 4.81. The first kappa shape index (κ1) is 14.9. The fourth-order valence-corrected chi connectivity index (χ4v) is 3.61. The van der Waals surface area contributed by atoms with Gasteiger partial charge in [0, 0.05) is 31.5 Å². The molecule has 0 amide bonds. The molecule has 2 heterocycles. The Labute approximate surface area is 128 Å². The van der Waals surface area contributed by atoms with Crippen LogP contribution in [0.2, 0.25) is 0 Å². The first-order valence-corrected chi connectivity index (χ1v) is 8.37. The lowest BCUT2D eigenvalue weighted by atomic mass is 9.84. The van der Waals surface area contributed by atoms with Crippen LogP contribution in [0.4, 0.5) is 5.69 Å². The zero-order chi connectivity index (χ0) is 14.5. The summed E-state index contributed by atoms with van der Waals surface area (Å²) in [5, 5.41) is 3.79. The van der Waals surface area contributed by atoms with E-state index in [9.17, 15) is 0 Å². The van der Waals surface area contributed by atoms with Crippen LogP contribution in [0.15, 0.2) is 24.3 Å². The molecule has 1 aromatic rings. The number of hydrogen-bond acceptors (Lipinski definition) is 3. The summed E-state index contributed by atoms with van der Waals surface area (Å²) in [7, 11) is 0. The quantitative estimate of drug-likeness (QED) is 0.915. The highest BCUT2D eigenvalue weighted by atomic mass is 16.5. The maximum absolute atomic E-state index is 6.13. The van der Waals surface area contributed by atoms with Gasteiger partial charge in [-0.15, -0.1) is 0 Å². The minimum absolute atomic E-state index is 0.0634. The standard InChI is InChI=1S/C18H27NO2/c1-2-5-15-6-3-4-7-17(15)19-16-8-11-21-18(14-16)9-12-20-13-10-18/h3-4,6-7,16,19H,2,5,8-14H2,1H3. The van der Waals surface area contributed by atoms with Crippen LogP contribution < -0.4 is 5.32 Å². The van der Waals surface area contributed by atoms with Gasteiger partial charge in [-0.05, 0) is 43.7 Å². The molecule has 0 radical (unpaired) electrons. The molecule has 116 valence electrons. The van der Waals surface area contributed by atoms with Gasteiger partial charge in [-0.3, -0.25) is 0 Å². The van der Waals surface area contributed by atoms with Crippen molar-refractivity contribution in [2.24, 2.45) is 0 Å². The van der Waals surface area contributed by atoms with Crippen LogP contribution in [-0.2, 0) is 15.9 Å². The lowest BCUT2D eigenvalue weighted by molar-refractivity contribution is -0.135. The predicted octanol–water partition coefficient (Wildman–Crippen LogP) is 3.78. The maximum atomic E-state index is 6.13. The fraction of sp³-hybridized carbons (Fsp3) is 0.667. The van der Waals surface area contributed by atoms with Crippen molar-refractivity contribution < 1.29 is 9.47 Å². The molecule has 2 fully saturated rings. The lowest BCUT2D eigenvalue weighted by Crippen LogP contribution is -2.47. The third-order valence-electron chi connectivity index (χ3n) is 4.79. The third kappa shape index (κ3) is 3.58. The molecule has 1 spiro atoms. The second kappa shape index (κ2) is 6.80. The number of rotatable bonds is 4. The summed E-state index contributed by atoms with van der Waals surface area (Å²) in [6.45, 7) is 4.80. The van der Waals surface area contributed by atoms with E-state index in [1.54, 1.807) is 0 Å². The highest BCUT2D eigenvalue weighted by Gasteiger charge is 2.39. The first-order chi connectivity index (χ1) is 10.3. The van der Waals surface area contributed by atoms with E-state index in [1.807, 2.05) is 0 Å². The summed E-state index contributed by atoms with van der Waals surface area (Å²) < 4.78 is 11.6. The predicted molar refractivity (Wildman–Crippen MR) is 85.8 cm³/mol. The van der Waals surface area contributed by atoms with E-state index in [0.29, 0.717) is 6.04 Å². The van der Waals surface area contributed by atoms with E-state index in [-0.39, 0.29) is 5.60 Å². The summed E-state index contributed by atoms with van der Waals surface area (Å²) in [6, 6.07) is 9.26. The molecule has 21 heavy (non-hydrogen) atoms. The van der Waals surface area contributed by atoms with Crippen LogP contribution in [0.5, 0.6) is 0 Å².